The molecule has 294 valence electrons. The smallest absolute Gasteiger partial charge is 0.291 e. The number of furan rings is 2. The lowest BCUT2D eigenvalue weighted by Gasteiger charge is -2.19. The maximum absolute atomic E-state index is 13.3. The zero-order valence-corrected chi connectivity index (χ0v) is 32.9. The van der Waals surface area contributed by atoms with Crippen molar-refractivity contribution in [2.75, 3.05) is 45.0 Å². The zero-order chi connectivity index (χ0) is 39.9. The summed E-state index contributed by atoms with van der Waals surface area (Å²) in [5.41, 5.74) is 5.42. The Labute approximate surface area is 324 Å². The minimum absolute atomic E-state index is 0.0192. The summed E-state index contributed by atoms with van der Waals surface area (Å²) in [6.45, 7) is 13.6. The Kier molecular flexibility index (Phi) is 10.2. The summed E-state index contributed by atoms with van der Waals surface area (Å²) < 4.78 is 46.4. The van der Waals surface area contributed by atoms with Crippen LogP contribution in [0.15, 0.2) is 57.4 Å². The van der Waals surface area contributed by atoms with Crippen LogP contribution in [0, 0.1) is 13.8 Å². The Hall–Kier alpha value is -6.06. The maximum Gasteiger partial charge on any atom is 0.291 e. The predicted molar refractivity (Wildman–Crippen MR) is 204 cm³/mol. The first-order chi connectivity index (χ1) is 26.6. The third-order valence-electron chi connectivity index (χ3n) is 9.84. The second kappa shape index (κ2) is 14.9. The largest absolute Gasteiger partial charge is 0.479 e. The van der Waals surface area contributed by atoms with Crippen molar-refractivity contribution in [3.63, 3.8) is 0 Å². The number of likely N-dealkylation sites (N-methyl/N-ethyl adjacent to an activating group) is 1. The van der Waals surface area contributed by atoms with Gasteiger partial charge < -0.3 is 52.8 Å². The molecule has 2 N–H and O–H groups in total. The van der Waals surface area contributed by atoms with Gasteiger partial charge in [0.15, 0.2) is 17.2 Å². The van der Waals surface area contributed by atoms with Crippen molar-refractivity contribution in [2.45, 2.75) is 66.0 Å². The molecule has 0 atom stereocenters. The van der Waals surface area contributed by atoms with Crippen molar-refractivity contribution < 1.29 is 46.8 Å². The van der Waals surface area contributed by atoms with E-state index in [1.54, 1.807) is 25.2 Å². The predicted octanol–water partition coefficient (Wildman–Crippen LogP) is 7.85. The minimum Gasteiger partial charge on any atom is -0.479 e. The summed E-state index contributed by atoms with van der Waals surface area (Å²) in [5, 5.41) is 5.78. The van der Waals surface area contributed by atoms with Crippen LogP contribution in [0.4, 0.5) is 11.6 Å². The molecule has 3 aromatic heterocycles. The van der Waals surface area contributed by atoms with Crippen LogP contribution in [0.2, 0.25) is 0 Å². The number of hydrogen-bond donors (Lipinski definition) is 2. The summed E-state index contributed by atoms with van der Waals surface area (Å²) in [4.78, 5) is 36.7. The summed E-state index contributed by atoms with van der Waals surface area (Å²) in [7, 11) is 4.45. The highest BCUT2D eigenvalue weighted by Crippen LogP contribution is 2.42. The Bertz CT molecular complexity index is 2280. The number of nitrogens with zero attached hydrogens (tertiary/aromatic N) is 3. The number of hydrogen-bond acceptors (Lipinski definition) is 13. The number of aromatic nitrogens is 2. The lowest BCUT2D eigenvalue weighted by Crippen LogP contribution is -2.31. The third-order valence-corrected chi connectivity index (χ3v) is 9.84. The van der Waals surface area contributed by atoms with E-state index in [9.17, 15) is 9.59 Å². The van der Waals surface area contributed by atoms with E-state index < -0.39 is 17.1 Å². The second-order valence-electron chi connectivity index (χ2n) is 14.6. The number of ether oxygens (including phenoxy) is 6. The van der Waals surface area contributed by atoms with Crippen molar-refractivity contribution in [1.82, 2.24) is 14.9 Å². The van der Waals surface area contributed by atoms with E-state index in [1.807, 2.05) is 65.8 Å². The topological polar surface area (TPSA) is 169 Å². The summed E-state index contributed by atoms with van der Waals surface area (Å²) >= 11 is 0. The molecule has 0 unspecified atom stereocenters. The lowest BCUT2D eigenvalue weighted by atomic mass is 9.94. The average molecular weight is 768 g/mol. The first-order valence-corrected chi connectivity index (χ1v) is 18.1. The van der Waals surface area contributed by atoms with Crippen molar-refractivity contribution >= 4 is 23.5 Å². The monoisotopic (exact) mass is 767 g/mol. The number of fused-ring (bicyclic) bond motifs is 2. The summed E-state index contributed by atoms with van der Waals surface area (Å²) in [5.74, 6) is 0.949. The van der Waals surface area contributed by atoms with E-state index in [2.05, 4.69) is 20.6 Å². The fourth-order valence-corrected chi connectivity index (χ4v) is 6.65. The first kappa shape index (κ1) is 38.2. The molecule has 0 aliphatic carbocycles. The molecule has 15 heteroatoms. The number of carbonyl (C=O) groups is 2. The highest BCUT2D eigenvalue weighted by molar-refractivity contribution is 6.03. The molecule has 5 aromatic rings. The van der Waals surface area contributed by atoms with Crippen LogP contribution in [0.5, 0.6) is 35.2 Å². The number of benzene rings is 2. The number of carbonyl (C=O) groups excluding carboxylic acids is 2. The van der Waals surface area contributed by atoms with E-state index in [1.165, 1.54) is 25.2 Å². The van der Waals surface area contributed by atoms with Gasteiger partial charge in [-0.3, -0.25) is 9.59 Å². The molecule has 0 radical (unpaired) electrons. The van der Waals surface area contributed by atoms with Gasteiger partial charge in [0, 0.05) is 32.3 Å². The van der Waals surface area contributed by atoms with Gasteiger partial charge in [0.05, 0.1) is 38.6 Å². The number of rotatable bonds is 13. The molecule has 7 rings (SSSR count). The molecule has 0 fully saturated rings. The Morgan fingerprint density at radius 2 is 1.27 bits per heavy atom. The van der Waals surface area contributed by atoms with Gasteiger partial charge in [0.1, 0.15) is 11.5 Å². The Morgan fingerprint density at radius 3 is 1.79 bits per heavy atom. The molecule has 2 amide bonds. The fraction of sp³-hybridized carbons (Fsp3) is 0.366. The summed E-state index contributed by atoms with van der Waals surface area (Å²) in [6, 6.07) is 14.2. The van der Waals surface area contributed by atoms with E-state index in [0.29, 0.717) is 24.7 Å². The minimum atomic E-state index is -0.603. The molecular formula is C41H45N5O10. The van der Waals surface area contributed by atoms with Crippen LogP contribution in [0.25, 0.3) is 0 Å². The Morgan fingerprint density at radius 1 is 0.768 bits per heavy atom. The molecule has 2 aromatic carbocycles. The van der Waals surface area contributed by atoms with E-state index in [4.69, 9.17) is 37.3 Å². The molecule has 0 spiro atoms. The molecule has 15 nitrogen and oxygen atoms in total. The normalized spacial score (nSPS) is 14.8. The standard InChI is InChI=1S/C41H45N5O10/c1-22-16-24-20-51-40(3,4)26(24)18-30(22)55-32-12-10-28(53-32)35(47)43-34-36(49-8)44-39(45-37(34)50-9)42-14-15-46(7)38(48)29-11-13-33(54-29)56-31-19-27-25(17-23(31)2)21-52-41(27,5)6/h10-13,16-19H,14-15,20-21H2,1-9H3,(H,43,47)(H,42,44,45). The molecule has 2 aliphatic heterocycles. The van der Waals surface area contributed by atoms with E-state index in [-0.39, 0.29) is 65.8 Å². The van der Waals surface area contributed by atoms with Gasteiger partial charge in [0.25, 0.3) is 23.7 Å². The fourth-order valence-electron chi connectivity index (χ4n) is 6.65. The second-order valence-corrected chi connectivity index (χ2v) is 14.6. The van der Waals surface area contributed by atoms with Crippen molar-refractivity contribution in [3.05, 3.63) is 93.4 Å². The SMILES string of the molecule is COc1nc(NCCN(C)C(=O)c2ccc(Oc3cc4c(cc3C)COC4(C)C)o2)nc(OC)c1NC(=O)c1ccc(Oc2cc3c(cc2C)COC3(C)C)o1. The Balaban J connectivity index is 0.951. The van der Waals surface area contributed by atoms with Crippen LogP contribution in [-0.4, -0.2) is 61.0 Å². The van der Waals surface area contributed by atoms with E-state index >= 15 is 0 Å². The average Bonchev–Trinajstić information content (AvgIpc) is 3.95. The number of anilines is 2. The van der Waals surface area contributed by atoms with Crippen LogP contribution < -0.4 is 29.6 Å². The molecule has 0 saturated carbocycles. The quantitative estimate of drug-likeness (QED) is 0.119. The van der Waals surface area contributed by atoms with Gasteiger partial charge in [-0.15, -0.1) is 0 Å². The molecule has 5 heterocycles. The number of aryl methyl sites for hydroxylation is 2. The van der Waals surface area contributed by atoms with E-state index in [0.717, 1.165) is 33.4 Å². The van der Waals surface area contributed by atoms with Crippen molar-refractivity contribution in [1.29, 1.82) is 0 Å². The van der Waals surface area contributed by atoms with Gasteiger partial charge in [-0.05, 0) is 111 Å². The van der Waals surface area contributed by atoms with Crippen LogP contribution in [0.1, 0.15) is 82.2 Å². The molecule has 56 heavy (non-hydrogen) atoms. The van der Waals surface area contributed by atoms with Gasteiger partial charge in [-0.1, -0.05) is 0 Å². The lowest BCUT2D eigenvalue weighted by molar-refractivity contribution is -0.00817. The van der Waals surface area contributed by atoms with Gasteiger partial charge >= 0.3 is 0 Å². The van der Waals surface area contributed by atoms with Crippen LogP contribution in [-0.2, 0) is 33.9 Å². The maximum atomic E-state index is 13.3. The van der Waals surface area contributed by atoms with Gasteiger partial charge in [-0.2, -0.15) is 9.97 Å². The zero-order valence-electron chi connectivity index (χ0n) is 32.9. The molecule has 0 bridgehead atoms. The van der Waals surface area contributed by atoms with Crippen molar-refractivity contribution in [2.24, 2.45) is 0 Å². The number of nitrogens with one attached hydrogen (secondary N) is 2. The highest BCUT2D eigenvalue weighted by Gasteiger charge is 2.33. The first-order valence-electron chi connectivity index (χ1n) is 18.1. The van der Waals surface area contributed by atoms with Crippen molar-refractivity contribution in [3.8, 4) is 35.2 Å². The van der Waals surface area contributed by atoms with Gasteiger partial charge in [-0.25, -0.2) is 0 Å². The highest BCUT2D eigenvalue weighted by atomic mass is 16.6. The molecular weight excluding hydrogens is 722 g/mol. The molecule has 0 saturated heterocycles. The summed E-state index contributed by atoms with van der Waals surface area (Å²) in [6.07, 6.45) is 0. The van der Waals surface area contributed by atoms with Crippen LogP contribution >= 0.6 is 0 Å². The van der Waals surface area contributed by atoms with Crippen LogP contribution in [0.3, 0.4) is 0 Å². The molecule has 2 aliphatic rings. The number of methoxy groups -OCH3 is 2. The number of amides is 2. The third kappa shape index (κ3) is 7.59. The van der Waals surface area contributed by atoms with Gasteiger partial charge in [0.2, 0.25) is 17.7 Å².